The number of hydrogen-bond donors (Lipinski definition) is 2. The molecule has 1 aliphatic rings. The van der Waals surface area contributed by atoms with Crippen molar-refractivity contribution in [3.05, 3.63) is 0 Å². The van der Waals surface area contributed by atoms with Crippen LogP contribution in [-0.2, 0) is 4.74 Å². The van der Waals surface area contributed by atoms with Gasteiger partial charge in [0.15, 0.2) is 0 Å². The van der Waals surface area contributed by atoms with Crippen LogP contribution in [0.1, 0.15) is 26.2 Å². The maximum atomic E-state index is 9.68. The quantitative estimate of drug-likeness (QED) is 0.659. The van der Waals surface area contributed by atoms with Gasteiger partial charge in [-0.2, -0.15) is 0 Å². The van der Waals surface area contributed by atoms with Gasteiger partial charge in [0, 0.05) is 6.04 Å². The number of aliphatic hydroxyl groups is 1. The minimum atomic E-state index is -0.319. The summed E-state index contributed by atoms with van der Waals surface area (Å²) >= 11 is 1.66. The van der Waals surface area contributed by atoms with Crippen molar-refractivity contribution in [2.24, 2.45) is 0 Å². The Morgan fingerprint density at radius 2 is 2.43 bits per heavy atom. The van der Waals surface area contributed by atoms with E-state index in [-0.39, 0.29) is 11.5 Å². The fourth-order valence-corrected chi connectivity index (χ4v) is 1.88. The minimum Gasteiger partial charge on any atom is -0.391 e. The molecule has 4 heteroatoms. The van der Waals surface area contributed by atoms with Crippen LogP contribution in [0.2, 0.25) is 0 Å². The summed E-state index contributed by atoms with van der Waals surface area (Å²) in [7, 11) is 0. The number of thioether (sulfide) groups is 1. The zero-order valence-electron chi connectivity index (χ0n) is 9.03. The predicted octanol–water partition coefficient (Wildman–Crippen LogP) is 1.21. The van der Waals surface area contributed by atoms with Crippen LogP contribution < -0.4 is 5.32 Å². The molecule has 0 aromatic rings. The second-order valence-corrected chi connectivity index (χ2v) is 4.95. The van der Waals surface area contributed by atoms with E-state index in [1.165, 1.54) is 12.8 Å². The number of hydrogen-bond acceptors (Lipinski definition) is 4. The van der Waals surface area contributed by atoms with Crippen molar-refractivity contribution >= 4 is 11.8 Å². The zero-order valence-corrected chi connectivity index (χ0v) is 9.85. The minimum absolute atomic E-state index is 0.182. The molecule has 14 heavy (non-hydrogen) atoms. The molecule has 1 fully saturated rings. The largest absolute Gasteiger partial charge is 0.391 e. The van der Waals surface area contributed by atoms with E-state index in [1.54, 1.807) is 11.8 Å². The third-order valence-electron chi connectivity index (χ3n) is 2.57. The molecule has 1 heterocycles. The normalized spacial score (nSPS) is 26.4. The molecule has 0 saturated carbocycles. The fourth-order valence-electron chi connectivity index (χ4n) is 1.67. The molecule has 0 aliphatic carbocycles. The molecule has 1 saturated heterocycles. The van der Waals surface area contributed by atoms with Crippen molar-refractivity contribution in [3.8, 4) is 0 Å². The Morgan fingerprint density at radius 1 is 1.64 bits per heavy atom. The smallest absolute Gasteiger partial charge is 0.0998 e. The molecule has 0 aromatic carbocycles. The van der Waals surface area contributed by atoms with Gasteiger partial charge in [-0.15, -0.1) is 11.8 Å². The molecular weight excluding hydrogens is 198 g/mol. The van der Waals surface area contributed by atoms with E-state index in [4.69, 9.17) is 4.74 Å². The van der Waals surface area contributed by atoms with Crippen LogP contribution in [-0.4, -0.2) is 42.1 Å². The van der Waals surface area contributed by atoms with Gasteiger partial charge in [-0.05, 0) is 39.0 Å². The Labute approximate surface area is 90.6 Å². The summed E-state index contributed by atoms with van der Waals surface area (Å²) in [4.78, 5) is 0. The van der Waals surface area contributed by atoms with E-state index < -0.39 is 0 Å². The van der Waals surface area contributed by atoms with Gasteiger partial charge in [-0.3, -0.25) is 0 Å². The molecule has 1 aliphatic heterocycles. The van der Waals surface area contributed by atoms with Gasteiger partial charge in [-0.25, -0.2) is 0 Å². The van der Waals surface area contributed by atoms with E-state index in [9.17, 15) is 5.11 Å². The van der Waals surface area contributed by atoms with Gasteiger partial charge in [0.25, 0.3) is 0 Å². The van der Waals surface area contributed by atoms with Gasteiger partial charge < -0.3 is 15.2 Å². The van der Waals surface area contributed by atoms with Gasteiger partial charge in [0.05, 0.1) is 18.1 Å². The molecule has 0 radical (unpaired) electrons. The van der Waals surface area contributed by atoms with Crippen molar-refractivity contribution < 1.29 is 9.84 Å². The highest BCUT2D eigenvalue weighted by Gasteiger charge is 2.18. The lowest BCUT2D eigenvalue weighted by atomic mass is 10.1. The van der Waals surface area contributed by atoms with E-state index >= 15 is 0 Å². The third-order valence-corrected chi connectivity index (χ3v) is 3.37. The molecule has 0 bridgehead atoms. The van der Waals surface area contributed by atoms with Crippen molar-refractivity contribution in [3.63, 3.8) is 0 Å². The second kappa shape index (κ2) is 6.67. The lowest BCUT2D eigenvalue weighted by Crippen LogP contribution is -2.29. The van der Waals surface area contributed by atoms with Crippen LogP contribution in [0.4, 0.5) is 0 Å². The Balaban J connectivity index is 2.05. The first-order chi connectivity index (χ1) is 6.72. The zero-order chi connectivity index (χ0) is 10.4. The molecule has 3 unspecified atom stereocenters. The monoisotopic (exact) mass is 219 g/mol. The maximum Gasteiger partial charge on any atom is 0.0998 e. The first-order valence-corrected chi connectivity index (χ1v) is 6.57. The summed E-state index contributed by atoms with van der Waals surface area (Å²) in [5.41, 5.74) is 0.182. The van der Waals surface area contributed by atoms with E-state index in [1.807, 2.05) is 13.2 Å². The standard InChI is InChI=1S/C10H21NO2S/c1-8(14-2)13-7-10(12)6-9-4-3-5-11-9/h8-12H,3-7H2,1-2H3. The van der Waals surface area contributed by atoms with Crippen LogP contribution in [0.25, 0.3) is 0 Å². The number of aliphatic hydroxyl groups excluding tert-OH is 1. The Hall–Kier alpha value is 0.230. The van der Waals surface area contributed by atoms with Crippen molar-refractivity contribution in [1.82, 2.24) is 5.32 Å². The second-order valence-electron chi connectivity index (χ2n) is 3.82. The Bertz CT molecular complexity index is 151. The summed E-state index contributed by atoms with van der Waals surface area (Å²) in [6.45, 7) is 3.56. The summed E-state index contributed by atoms with van der Waals surface area (Å²) < 4.78 is 5.45. The Kier molecular flexibility index (Phi) is 5.86. The molecular formula is C10H21NO2S. The van der Waals surface area contributed by atoms with E-state index in [0.29, 0.717) is 12.6 Å². The number of ether oxygens (including phenoxy) is 1. The highest BCUT2D eigenvalue weighted by molar-refractivity contribution is 7.99. The number of nitrogens with one attached hydrogen (secondary N) is 1. The molecule has 2 N–H and O–H groups in total. The van der Waals surface area contributed by atoms with Crippen LogP contribution >= 0.6 is 11.8 Å². The number of rotatable bonds is 6. The molecule has 3 atom stereocenters. The van der Waals surface area contributed by atoms with Crippen molar-refractivity contribution in [2.45, 2.75) is 43.8 Å². The van der Waals surface area contributed by atoms with Crippen molar-refractivity contribution in [1.29, 1.82) is 0 Å². The van der Waals surface area contributed by atoms with Crippen LogP contribution in [0.5, 0.6) is 0 Å². The van der Waals surface area contributed by atoms with Gasteiger partial charge >= 0.3 is 0 Å². The predicted molar refractivity (Wildman–Crippen MR) is 60.6 cm³/mol. The first kappa shape index (κ1) is 12.3. The highest BCUT2D eigenvalue weighted by atomic mass is 32.2. The third kappa shape index (κ3) is 4.64. The summed E-state index contributed by atoms with van der Waals surface area (Å²) in [5, 5.41) is 13.0. The van der Waals surface area contributed by atoms with Gasteiger partial charge in [0.1, 0.15) is 0 Å². The van der Waals surface area contributed by atoms with Crippen LogP contribution in [0.15, 0.2) is 0 Å². The van der Waals surface area contributed by atoms with Crippen molar-refractivity contribution in [2.75, 3.05) is 19.4 Å². The Morgan fingerprint density at radius 3 is 3.00 bits per heavy atom. The molecule has 0 aromatic heterocycles. The average Bonchev–Trinajstić information content (AvgIpc) is 2.66. The molecule has 0 amide bonds. The summed E-state index contributed by atoms with van der Waals surface area (Å²) in [6.07, 6.45) is 4.94. The SMILES string of the molecule is CSC(C)OCC(O)CC1CCCN1. The van der Waals surface area contributed by atoms with E-state index in [2.05, 4.69) is 5.32 Å². The fraction of sp³-hybridized carbons (Fsp3) is 1.00. The molecule has 1 rings (SSSR count). The maximum absolute atomic E-state index is 9.68. The molecule has 0 spiro atoms. The molecule has 3 nitrogen and oxygen atoms in total. The van der Waals surface area contributed by atoms with Gasteiger partial charge in [-0.1, -0.05) is 0 Å². The first-order valence-electron chi connectivity index (χ1n) is 5.28. The lowest BCUT2D eigenvalue weighted by Gasteiger charge is -2.17. The summed E-state index contributed by atoms with van der Waals surface area (Å²) in [6, 6.07) is 0.498. The summed E-state index contributed by atoms with van der Waals surface area (Å²) in [5.74, 6) is 0. The highest BCUT2D eigenvalue weighted by Crippen LogP contribution is 2.13. The van der Waals surface area contributed by atoms with Crippen LogP contribution in [0.3, 0.4) is 0 Å². The average molecular weight is 219 g/mol. The molecule has 84 valence electrons. The van der Waals surface area contributed by atoms with E-state index in [0.717, 1.165) is 13.0 Å². The lowest BCUT2D eigenvalue weighted by molar-refractivity contribution is 0.0227. The van der Waals surface area contributed by atoms with Gasteiger partial charge in [0.2, 0.25) is 0 Å². The topological polar surface area (TPSA) is 41.5 Å². The van der Waals surface area contributed by atoms with Crippen LogP contribution in [0, 0.1) is 0 Å².